The summed E-state index contributed by atoms with van der Waals surface area (Å²) in [5.41, 5.74) is 1.61. The van der Waals surface area contributed by atoms with Crippen LogP contribution in [0.25, 0.3) is 0 Å². The molecule has 0 saturated carbocycles. The second kappa shape index (κ2) is 7.85. The number of carbonyl (C=O) groups is 2. The molecule has 0 aromatic heterocycles. The number of methoxy groups -OCH3 is 1. The fourth-order valence-corrected chi connectivity index (χ4v) is 2.28. The van der Waals surface area contributed by atoms with Crippen molar-refractivity contribution in [3.05, 3.63) is 58.1 Å². The molecule has 0 unspecified atom stereocenters. The van der Waals surface area contributed by atoms with Gasteiger partial charge in [-0.25, -0.2) is 4.79 Å². The second-order valence-corrected chi connectivity index (χ2v) is 5.44. The van der Waals surface area contributed by atoms with Crippen molar-refractivity contribution in [2.45, 2.75) is 6.42 Å². The highest BCUT2D eigenvalue weighted by molar-refractivity contribution is 6.34. The van der Waals surface area contributed by atoms with Crippen LogP contribution in [0.5, 0.6) is 0 Å². The fraction of sp³-hybridized carbons (Fsp3) is 0.125. The number of anilines is 2. The molecule has 2 N–H and O–H groups in total. The average Bonchev–Trinajstić information content (AvgIpc) is 2.52. The summed E-state index contributed by atoms with van der Waals surface area (Å²) in [5, 5.41) is 6.00. The number of hydrogen-bond donors (Lipinski definition) is 2. The van der Waals surface area contributed by atoms with Crippen LogP contribution in [0.4, 0.5) is 16.2 Å². The number of nitrogens with one attached hydrogen (secondary N) is 2. The van der Waals surface area contributed by atoms with Crippen molar-refractivity contribution in [1.82, 2.24) is 0 Å². The number of amides is 2. The smallest absolute Gasteiger partial charge is 0.323 e. The highest BCUT2D eigenvalue weighted by Crippen LogP contribution is 2.25. The number of carbonyl (C=O) groups excluding carboxylic acids is 2. The van der Waals surface area contributed by atoms with Gasteiger partial charge in [0.05, 0.1) is 35.0 Å². The zero-order chi connectivity index (χ0) is 16.8. The molecular weight excluding hydrogens is 339 g/mol. The summed E-state index contributed by atoms with van der Waals surface area (Å²) >= 11 is 12.1. The molecular formula is C16H14Cl2N2O3. The molecule has 7 heteroatoms. The molecule has 5 nitrogen and oxygen atoms in total. The van der Waals surface area contributed by atoms with E-state index >= 15 is 0 Å². The van der Waals surface area contributed by atoms with Crippen molar-refractivity contribution in [2.24, 2.45) is 0 Å². The lowest BCUT2D eigenvalue weighted by Gasteiger charge is -2.11. The number of urea groups is 1. The largest absolute Gasteiger partial charge is 0.469 e. The third-order valence-electron chi connectivity index (χ3n) is 2.98. The van der Waals surface area contributed by atoms with Crippen molar-refractivity contribution in [3.8, 4) is 0 Å². The van der Waals surface area contributed by atoms with Crippen molar-refractivity contribution < 1.29 is 14.3 Å². The molecule has 2 amide bonds. The Hall–Kier alpha value is -2.24. The van der Waals surface area contributed by atoms with Crippen LogP contribution in [0.3, 0.4) is 0 Å². The Morgan fingerprint density at radius 3 is 2.26 bits per heavy atom. The van der Waals surface area contributed by atoms with Crippen LogP contribution in [0.15, 0.2) is 42.5 Å². The summed E-state index contributed by atoms with van der Waals surface area (Å²) in [6.07, 6.45) is 0.113. The van der Waals surface area contributed by atoms with Crippen molar-refractivity contribution in [3.63, 3.8) is 0 Å². The number of halogens is 2. The lowest BCUT2D eigenvalue weighted by Crippen LogP contribution is -2.19. The quantitative estimate of drug-likeness (QED) is 0.803. The number of ether oxygens (including phenoxy) is 1. The van der Waals surface area contributed by atoms with E-state index in [0.717, 1.165) is 0 Å². The van der Waals surface area contributed by atoms with Gasteiger partial charge in [-0.2, -0.15) is 0 Å². The SMILES string of the molecule is COC(=O)Cc1ccc(NC(=O)Nc2ccccc2Cl)c(Cl)c1. The van der Waals surface area contributed by atoms with Crippen molar-refractivity contribution in [2.75, 3.05) is 17.7 Å². The standard InChI is InChI=1S/C16H14Cl2N2O3/c1-23-15(21)9-10-6-7-14(12(18)8-10)20-16(22)19-13-5-3-2-4-11(13)17/h2-8H,9H2,1H3,(H2,19,20,22). The summed E-state index contributed by atoms with van der Waals surface area (Å²) in [6.45, 7) is 0. The third-order valence-corrected chi connectivity index (χ3v) is 3.62. The number of para-hydroxylation sites is 1. The van der Waals surface area contributed by atoms with E-state index in [0.29, 0.717) is 27.0 Å². The molecule has 0 saturated heterocycles. The molecule has 23 heavy (non-hydrogen) atoms. The van der Waals surface area contributed by atoms with Gasteiger partial charge in [0.2, 0.25) is 0 Å². The normalized spacial score (nSPS) is 10.0. The number of rotatable bonds is 4. The van der Waals surface area contributed by atoms with Crippen LogP contribution in [0.2, 0.25) is 10.0 Å². The van der Waals surface area contributed by atoms with Gasteiger partial charge in [-0.05, 0) is 29.8 Å². The maximum absolute atomic E-state index is 12.0. The molecule has 0 aliphatic rings. The number of benzene rings is 2. The molecule has 0 fully saturated rings. The van der Waals surface area contributed by atoms with Crippen LogP contribution in [0, 0.1) is 0 Å². The first-order valence-corrected chi connectivity index (χ1v) is 7.43. The van der Waals surface area contributed by atoms with Crippen LogP contribution in [0.1, 0.15) is 5.56 Å². The highest BCUT2D eigenvalue weighted by Gasteiger charge is 2.10. The van der Waals surface area contributed by atoms with Crippen molar-refractivity contribution in [1.29, 1.82) is 0 Å². The van der Waals surface area contributed by atoms with Crippen LogP contribution in [-0.4, -0.2) is 19.1 Å². The first-order chi connectivity index (χ1) is 11.0. The summed E-state index contributed by atoms with van der Waals surface area (Å²) < 4.78 is 4.59. The average molecular weight is 353 g/mol. The topological polar surface area (TPSA) is 67.4 Å². The minimum atomic E-state index is -0.472. The minimum absolute atomic E-state index is 0.113. The fourth-order valence-electron chi connectivity index (χ4n) is 1.85. The highest BCUT2D eigenvalue weighted by atomic mass is 35.5. The van der Waals surface area contributed by atoms with Gasteiger partial charge in [0.15, 0.2) is 0 Å². The summed E-state index contributed by atoms with van der Waals surface area (Å²) in [6, 6.07) is 11.3. The van der Waals surface area contributed by atoms with Gasteiger partial charge in [0, 0.05) is 0 Å². The molecule has 2 aromatic rings. The van der Waals surface area contributed by atoms with E-state index in [1.54, 1.807) is 42.5 Å². The van der Waals surface area contributed by atoms with E-state index in [4.69, 9.17) is 23.2 Å². The monoisotopic (exact) mass is 352 g/mol. The Kier molecular flexibility index (Phi) is 5.84. The van der Waals surface area contributed by atoms with Gasteiger partial charge >= 0.3 is 12.0 Å². The van der Waals surface area contributed by atoms with E-state index in [-0.39, 0.29) is 12.4 Å². The summed E-state index contributed by atoms with van der Waals surface area (Å²) in [7, 11) is 1.32. The van der Waals surface area contributed by atoms with Crippen LogP contribution >= 0.6 is 23.2 Å². The molecule has 2 rings (SSSR count). The van der Waals surface area contributed by atoms with Gasteiger partial charge in [0.25, 0.3) is 0 Å². The third kappa shape index (κ3) is 4.87. The van der Waals surface area contributed by atoms with E-state index < -0.39 is 6.03 Å². The molecule has 0 heterocycles. The molecule has 0 aliphatic carbocycles. The predicted molar refractivity (Wildman–Crippen MR) is 91.3 cm³/mol. The first-order valence-electron chi connectivity index (χ1n) is 6.67. The van der Waals surface area contributed by atoms with Gasteiger partial charge in [-0.1, -0.05) is 41.4 Å². The molecule has 0 bridgehead atoms. The zero-order valence-corrected chi connectivity index (χ0v) is 13.7. The summed E-state index contributed by atoms with van der Waals surface area (Å²) in [5.74, 6) is -0.363. The number of esters is 1. The van der Waals surface area contributed by atoms with Crippen LogP contribution < -0.4 is 10.6 Å². The first kappa shape index (κ1) is 17.1. The van der Waals surface area contributed by atoms with Crippen LogP contribution in [-0.2, 0) is 16.0 Å². The van der Waals surface area contributed by atoms with Crippen molar-refractivity contribution >= 4 is 46.6 Å². The van der Waals surface area contributed by atoms with E-state index in [1.165, 1.54) is 7.11 Å². The Morgan fingerprint density at radius 1 is 1.00 bits per heavy atom. The lowest BCUT2D eigenvalue weighted by atomic mass is 10.1. The Balaban J connectivity index is 2.04. The van der Waals surface area contributed by atoms with Gasteiger partial charge in [0.1, 0.15) is 0 Å². The zero-order valence-electron chi connectivity index (χ0n) is 12.2. The minimum Gasteiger partial charge on any atom is -0.469 e. The molecule has 0 atom stereocenters. The van der Waals surface area contributed by atoms with E-state index in [9.17, 15) is 9.59 Å². The molecule has 0 radical (unpaired) electrons. The van der Waals surface area contributed by atoms with Gasteiger partial charge < -0.3 is 15.4 Å². The van der Waals surface area contributed by atoms with Gasteiger partial charge in [-0.15, -0.1) is 0 Å². The molecule has 0 spiro atoms. The Bertz CT molecular complexity index is 735. The molecule has 2 aromatic carbocycles. The molecule has 120 valence electrons. The Morgan fingerprint density at radius 2 is 1.65 bits per heavy atom. The Labute approximate surface area is 143 Å². The summed E-state index contributed by atoms with van der Waals surface area (Å²) in [4.78, 5) is 23.2. The maximum Gasteiger partial charge on any atom is 0.323 e. The van der Waals surface area contributed by atoms with Gasteiger partial charge in [-0.3, -0.25) is 4.79 Å². The van der Waals surface area contributed by atoms with E-state index in [1.807, 2.05) is 0 Å². The lowest BCUT2D eigenvalue weighted by molar-refractivity contribution is -0.139. The molecule has 0 aliphatic heterocycles. The van der Waals surface area contributed by atoms with E-state index in [2.05, 4.69) is 15.4 Å². The number of hydrogen-bond acceptors (Lipinski definition) is 3. The maximum atomic E-state index is 12.0. The second-order valence-electron chi connectivity index (χ2n) is 4.63. The predicted octanol–water partition coefficient (Wildman–Crippen LogP) is 4.35.